The summed E-state index contributed by atoms with van der Waals surface area (Å²) in [5.74, 6) is 0.710. The molecule has 0 radical (unpaired) electrons. The van der Waals surface area contributed by atoms with Crippen LogP contribution in [0.1, 0.15) is 26.7 Å². The van der Waals surface area contributed by atoms with Crippen molar-refractivity contribution < 1.29 is 14.3 Å². The number of ether oxygens (including phenoxy) is 2. The number of carbonyl (C=O) groups is 1. The average Bonchev–Trinajstić information content (AvgIpc) is 2.36. The van der Waals surface area contributed by atoms with E-state index >= 15 is 0 Å². The molecule has 0 saturated carbocycles. The Hall–Kier alpha value is -0.360. The highest BCUT2D eigenvalue weighted by Gasteiger charge is 2.29. The Bertz CT molecular complexity index is 264. The molecule has 1 aliphatic heterocycles. The highest BCUT2D eigenvalue weighted by Crippen LogP contribution is 2.25. The predicted octanol–water partition coefficient (Wildman–Crippen LogP) is 0.949. The van der Waals surface area contributed by atoms with Crippen LogP contribution < -0.4 is 11.1 Å². The zero-order chi connectivity index (χ0) is 13.5. The van der Waals surface area contributed by atoms with Crippen molar-refractivity contribution in [2.24, 2.45) is 17.6 Å². The van der Waals surface area contributed by atoms with E-state index in [1.54, 1.807) is 0 Å². The summed E-state index contributed by atoms with van der Waals surface area (Å²) in [6, 6.07) is -0.586. The van der Waals surface area contributed by atoms with Crippen LogP contribution in [0.3, 0.4) is 0 Å². The second kappa shape index (κ2) is 9.53. The summed E-state index contributed by atoms with van der Waals surface area (Å²) in [5, 5.41) is 2.90. The minimum atomic E-state index is -0.586. The lowest BCUT2D eigenvalue weighted by molar-refractivity contribution is -0.124. The van der Waals surface area contributed by atoms with E-state index in [2.05, 4.69) is 19.2 Å². The molecule has 0 aromatic rings. The molecule has 1 fully saturated rings. The van der Waals surface area contributed by atoms with Gasteiger partial charge in [0, 0.05) is 26.2 Å². The average molecular weight is 295 g/mol. The van der Waals surface area contributed by atoms with Crippen LogP contribution in [0.5, 0.6) is 0 Å². The molecule has 3 atom stereocenters. The second-order valence-electron chi connectivity index (χ2n) is 5.29. The minimum absolute atomic E-state index is 0. The quantitative estimate of drug-likeness (QED) is 0.765. The lowest BCUT2D eigenvalue weighted by Crippen LogP contribution is -2.47. The number of nitrogens with two attached hydrogens (primary N) is 1. The third kappa shape index (κ3) is 6.08. The molecular weight excluding hydrogens is 268 g/mol. The number of hydrogen-bond acceptors (Lipinski definition) is 4. The Morgan fingerprint density at radius 1 is 1.53 bits per heavy atom. The number of nitrogens with one attached hydrogen (secondary N) is 1. The van der Waals surface area contributed by atoms with Crippen LogP contribution in [0.15, 0.2) is 0 Å². The van der Waals surface area contributed by atoms with Crippen molar-refractivity contribution in [1.29, 1.82) is 0 Å². The molecule has 5 nitrogen and oxygen atoms in total. The minimum Gasteiger partial charge on any atom is -0.383 e. The number of methoxy groups -OCH3 is 1. The largest absolute Gasteiger partial charge is 0.383 e. The molecule has 0 bridgehead atoms. The number of amides is 1. The van der Waals surface area contributed by atoms with Crippen LogP contribution in [0.4, 0.5) is 0 Å². The molecule has 3 N–H and O–H groups in total. The SMILES string of the molecule is COCC(N)C(=O)NCC1CCCOC1C(C)C.Cl. The topological polar surface area (TPSA) is 73.6 Å². The molecule has 6 heteroatoms. The molecule has 1 aliphatic rings. The summed E-state index contributed by atoms with van der Waals surface area (Å²) in [6.45, 7) is 6.03. The number of carbonyl (C=O) groups excluding carboxylic acids is 1. The summed E-state index contributed by atoms with van der Waals surface area (Å²) >= 11 is 0. The van der Waals surface area contributed by atoms with Crippen molar-refractivity contribution in [1.82, 2.24) is 5.32 Å². The van der Waals surface area contributed by atoms with E-state index in [0.717, 1.165) is 19.4 Å². The van der Waals surface area contributed by atoms with Crippen molar-refractivity contribution in [3.05, 3.63) is 0 Å². The molecule has 0 spiro atoms. The van der Waals surface area contributed by atoms with Crippen LogP contribution in [0, 0.1) is 11.8 Å². The fourth-order valence-corrected chi connectivity index (χ4v) is 2.44. The predicted molar refractivity (Wildman–Crippen MR) is 77.4 cm³/mol. The molecule has 19 heavy (non-hydrogen) atoms. The van der Waals surface area contributed by atoms with E-state index in [-0.39, 0.29) is 31.0 Å². The van der Waals surface area contributed by atoms with E-state index in [9.17, 15) is 4.79 Å². The van der Waals surface area contributed by atoms with E-state index in [1.807, 2.05) is 0 Å². The first-order valence-electron chi connectivity index (χ1n) is 6.70. The molecule has 1 rings (SSSR count). The third-order valence-corrected chi connectivity index (χ3v) is 3.37. The maximum Gasteiger partial charge on any atom is 0.239 e. The maximum absolute atomic E-state index is 11.7. The summed E-state index contributed by atoms with van der Waals surface area (Å²) in [5.41, 5.74) is 5.67. The van der Waals surface area contributed by atoms with Gasteiger partial charge < -0.3 is 20.5 Å². The van der Waals surface area contributed by atoms with Gasteiger partial charge in [-0.15, -0.1) is 12.4 Å². The van der Waals surface area contributed by atoms with Crippen LogP contribution in [-0.2, 0) is 14.3 Å². The van der Waals surface area contributed by atoms with Crippen LogP contribution >= 0.6 is 12.4 Å². The smallest absolute Gasteiger partial charge is 0.239 e. The fourth-order valence-electron chi connectivity index (χ4n) is 2.44. The number of rotatable bonds is 6. The zero-order valence-electron chi connectivity index (χ0n) is 12.1. The van der Waals surface area contributed by atoms with Gasteiger partial charge in [-0.2, -0.15) is 0 Å². The summed E-state index contributed by atoms with van der Waals surface area (Å²) in [4.78, 5) is 11.7. The van der Waals surface area contributed by atoms with Crippen LogP contribution in [0.2, 0.25) is 0 Å². The van der Waals surface area contributed by atoms with Crippen molar-refractivity contribution in [3.8, 4) is 0 Å². The van der Waals surface area contributed by atoms with Gasteiger partial charge in [0.05, 0.1) is 12.7 Å². The standard InChI is InChI=1S/C13H26N2O3.ClH/c1-9(2)12-10(5-4-6-18-12)7-15-13(16)11(14)8-17-3;/h9-12H,4-8,14H2,1-3H3,(H,15,16);1H. The van der Waals surface area contributed by atoms with Crippen molar-refractivity contribution in [3.63, 3.8) is 0 Å². The van der Waals surface area contributed by atoms with Gasteiger partial charge in [0.2, 0.25) is 5.91 Å². The van der Waals surface area contributed by atoms with Gasteiger partial charge in [0.15, 0.2) is 0 Å². The molecular formula is C13H27ClN2O3. The van der Waals surface area contributed by atoms with Crippen LogP contribution in [0.25, 0.3) is 0 Å². The van der Waals surface area contributed by atoms with Crippen molar-refractivity contribution in [2.45, 2.75) is 38.8 Å². The van der Waals surface area contributed by atoms with E-state index in [1.165, 1.54) is 7.11 Å². The third-order valence-electron chi connectivity index (χ3n) is 3.37. The van der Waals surface area contributed by atoms with Crippen molar-refractivity contribution in [2.75, 3.05) is 26.9 Å². The van der Waals surface area contributed by atoms with E-state index in [0.29, 0.717) is 18.4 Å². The van der Waals surface area contributed by atoms with E-state index in [4.69, 9.17) is 15.2 Å². The highest BCUT2D eigenvalue weighted by molar-refractivity contribution is 5.85. The van der Waals surface area contributed by atoms with Gasteiger partial charge in [0.1, 0.15) is 6.04 Å². The number of halogens is 1. The van der Waals surface area contributed by atoms with Gasteiger partial charge >= 0.3 is 0 Å². The summed E-state index contributed by atoms with van der Waals surface area (Å²) < 4.78 is 10.7. The van der Waals surface area contributed by atoms with Crippen LogP contribution in [-0.4, -0.2) is 44.9 Å². The first-order valence-corrected chi connectivity index (χ1v) is 6.70. The first kappa shape index (κ1) is 18.6. The van der Waals surface area contributed by atoms with E-state index < -0.39 is 6.04 Å². The Labute approximate surface area is 122 Å². The van der Waals surface area contributed by atoms with Gasteiger partial charge in [0.25, 0.3) is 0 Å². The molecule has 114 valence electrons. The zero-order valence-corrected chi connectivity index (χ0v) is 12.9. The summed E-state index contributed by atoms with van der Waals surface area (Å²) in [7, 11) is 1.54. The number of hydrogen-bond donors (Lipinski definition) is 2. The van der Waals surface area contributed by atoms with Gasteiger partial charge in [-0.05, 0) is 18.8 Å². The van der Waals surface area contributed by atoms with Crippen molar-refractivity contribution >= 4 is 18.3 Å². The second-order valence-corrected chi connectivity index (χ2v) is 5.29. The van der Waals surface area contributed by atoms with Gasteiger partial charge in [-0.1, -0.05) is 13.8 Å². The Kier molecular flexibility index (Phi) is 9.35. The maximum atomic E-state index is 11.7. The fraction of sp³-hybridized carbons (Fsp3) is 0.923. The molecule has 0 aromatic carbocycles. The highest BCUT2D eigenvalue weighted by atomic mass is 35.5. The molecule has 1 heterocycles. The van der Waals surface area contributed by atoms with Gasteiger partial charge in [-0.3, -0.25) is 4.79 Å². The molecule has 0 aromatic heterocycles. The summed E-state index contributed by atoms with van der Waals surface area (Å²) in [6.07, 6.45) is 2.40. The first-order chi connectivity index (χ1) is 8.56. The van der Waals surface area contributed by atoms with Gasteiger partial charge in [-0.25, -0.2) is 0 Å². The molecule has 3 unspecified atom stereocenters. The lowest BCUT2D eigenvalue weighted by Gasteiger charge is -2.34. The monoisotopic (exact) mass is 294 g/mol. The molecule has 0 aliphatic carbocycles. The Balaban J connectivity index is 0.00000324. The lowest BCUT2D eigenvalue weighted by atomic mass is 9.87. The normalized spacial score (nSPS) is 24.7. The Morgan fingerprint density at radius 2 is 2.21 bits per heavy atom. The molecule has 1 amide bonds. The molecule has 1 saturated heterocycles. The Morgan fingerprint density at radius 3 is 2.79 bits per heavy atom.